The van der Waals surface area contributed by atoms with Crippen molar-refractivity contribution in [3.63, 3.8) is 0 Å². The molecule has 1 aliphatic rings. The second-order valence-electron chi connectivity index (χ2n) is 4.96. The third-order valence-electron chi connectivity index (χ3n) is 3.71. The van der Waals surface area contributed by atoms with Crippen LogP contribution in [-0.4, -0.2) is 33.1 Å². The molecule has 4 nitrogen and oxygen atoms in total. The number of hydrogen-bond acceptors (Lipinski definition) is 4. The highest BCUT2D eigenvalue weighted by molar-refractivity contribution is 9.10. The minimum Gasteiger partial charge on any atom is -0.493 e. The van der Waals surface area contributed by atoms with Crippen LogP contribution in [0, 0.1) is 0 Å². The van der Waals surface area contributed by atoms with E-state index in [1.807, 2.05) is 0 Å². The fraction of sp³-hybridized carbons (Fsp3) is 0.533. The lowest BCUT2D eigenvalue weighted by Gasteiger charge is -2.25. The van der Waals surface area contributed by atoms with Crippen molar-refractivity contribution in [2.45, 2.75) is 31.7 Å². The van der Waals surface area contributed by atoms with Crippen molar-refractivity contribution in [1.29, 1.82) is 0 Å². The lowest BCUT2D eigenvalue weighted by atomic mass is 9.96. The Morgan fingerprint density at radius 2 is 2.10 bits per heavy atom. The molecule has 0 aromatic heterocycles. The SMILES string of the molecule is COc1c(C=O)cc(Br)c(CC2CCCCN2)c1OC. The number of carbonyl (C=O) groups is 1. The van der Waals surface area contributed by atoms with Crippen molar-refractivity contribution in [3.8, 4) is 11.5 Å². The van der Waals surface area contributed by atoms with Crippen LogP contribution < -0.4 is 14.8 Å². The van der Waals surface area contributed by atoms with E-state index in [0.717, 1.165) is 35.7 Å². The number of ether oxygens (including phenoxy) is 2. The highest BCUT2D eigenvalue weighted by atomic mass is 79.9. The fourth-order valence-corrected chi connectivity index (χ4v) is 3.30. The van der Waals surface area contributed by atoms with Crippen molar-refractivity contribution >= 4 is 22.2 Å². The summed E-state index contributed by atoms with van der Waals surface area (Å²) in [6, 6.07) is 2.24. The topological polar surface area (TPSA) is 47.6 Å². The number of piperidine rings is 1. The largest absolute Gasteiger partial charge is 0.493 e. The molecule has 1 aliphatic heterocycles. The Kier molecular flexibility index (Phi) is 5.43. The Hall–Kier alpha value is -1.07. The molecule has 1 aromatic rings. The highest BCUT2D eigenvalue weighted by Crippen LogP contribution is 2.39. The molecule has 0 amide bonds. The summed E-state index contributed by atoms with van der Waals surface area (Å²) in [5.74, 6) is 1.16. The van der Waals surface area contributed by atoms with Crippen LogP contribution >= 0.6 is 15.9 Å². The zero-order valence-corrected chi connectivity index (χ0v) is 13.5. The van der Waals surface area contributed by atoms with E-state index >= 15 is 0 Å². The molecular weight excluding hydrogens is 322 g/mol. The lowest BCUT2D eigenvalue weighted by molar-refractivity contribution is 0.112. The molecule has 1 heterocycles. The van der Waals surface area contributed by atoms with E-state index in [4.69, 9.17) is 9.47 Å². The van der Waals surface area contributed by atoms with Gasteiger partial charge in [0.15, 0.2) is 17.8 Å². The van der Waals surface area contributed by atoms with Crippen LogP contribution in [0.5, 0.6) is 11.5 Å². The maximum atomic E-state index is 11.1. The van der Waals surface area contributed by atoms with Gasteiger partial charge in [-0.05, 0) is 31.9 Å². The second-order valence-corrected chi connectivity index (χ2v) is 5.82. The Balaban J connectivity index is 2.37. The van der Waals surface area contributed by atoms with Crippen molar-refractivity contribution < 1.29 is 14.3 Å². The molecule has 1 fully saturated rings. The molecule has 2 rings (SSSR count). The molecule has 5 heteroatoms. The van der Waals surface area contributed by atoms with Crippen molar-refractivity contribution in [2.75, 3.05) is 20.8 Å². The van der Waals surface area contributed by atoms with Gasteiger partial charge in [0.1, 0.15) is 0 Å². The summed E-state index contributed by atoms with van der Waals surface area (Å²) in [5, 5.41) is 3.53. The summed E-state index contributed by atoms with van der Waals surface area (Å²) in [4.78, 5) is 11.1. The van der Waals surface area contributed by atoms with E-state index in [1.54, 1.807) is 20.3 Å². The predicted octanol–water partition coefficient (Wildman–Crippen LogP) is 2.96. The summed E-state index contributed by atoms with van der Waals surface area (Å²) < 4.78 is 11.7. The molecule has 1 unspecified atom stereocenters. The van der Waals surface area contributed by atoms with E-state index in [9.17, 15) is 4.79 Å². The normalized spacial score (nSPS) is 18.6. The Labute approximate surface area is 128 Å². The van der Waals surface area contributed by atoms with Crippen LogP contribution in [0.1, 0.15) is 35.2 Å². The number of hydrogen-bond donors (Lipinski definition) is 1. The smallest absolute Gasteiger partial charge is 0.171 e. The first kappa shape index (κ1) is 15.3. The molecule has 0 saturated carbocycles. The summed E-state index contributed by atoms with van der Waals surface area (Å²) in [6.45, 7) is 1.06. The molecular formula is C15H20BrNO3. The minimum absolute atomic E-state index is 0.445. The third kappa shape index (κ3) is 3.15. The van der Waals surface area contributed by atoms with E-state index < -0.39 is 0 Å². The molecule has 0 aliphatic carbocycles. The number of nitrogens with one attached hydrogen (secondary N) is 1. The van der Waals surface area contributed by atoms with E-state index in [-0.39, 0.29) is 0 Å². The van der Waals surface area contributed by atoms with Crippen molar-refractivity contribution in [3.05, 3.63) is 21.7 Å². The van der Waals surface area contributed by atoms with Crippen LogP contribution in [-0.2, 0) is 6.42 Å². The highest BCUT2D eigenvalue weighted by Gasteiger charge is 2.22. The van der Waals surface area contributed by atoms with Gasteiger partial charge in [0, 0.05) is 16.1 Å². The Morgan fingerprint density at radius 3 is 2.65 bits per heavy atom. The number of rotatable bonds is 5. The van der Waals surface area contributed by atoms with Gasteiger partial charge in [-0.3, -0.25) is 4.79 Å². The number of aldehydes is 1. The number of halogens is 1. The average molecular weight is 342 g/mol. The third-order valence-corrected chi connectivity index (χ3v) is 4.42. The average Bonchev–Trinajstić information content (AvgIpc) is 2.49. The number of methoxy groups -OCH3 is 2. The van der Waals surface area contributed by atoms with Gasteiger partial charge >= 0.3 is 0 Å². The lowest BCUT2D eigenvalue weighted by Crippen LogP contribution is -2.35. The molecule has 0 spiro atoms. The van der Waals surface area contributed by atoms with Gasteiger partial charge in [0.2, 0.25) is 0 Å². The van der Waals surface area contributed by atoms with Crippen LogP contribution in [0.3, 0.4) is 0 Å². The van der Waals surface area contributed by atoms with Crippen LogP contribution in [0.4, 0.5) is 0 Å². The van der Waals surface area contributed by atoms with Gasteiger partial charge in [-0.2, -0.15) is 0 Å². The standard InChI is InChI=1S/C15H20BrNO3/c1-19-14-10(9-18)7-13(16)12(15(14)20-2)8-11-5-3-4-6-17-11/h7,9,11,17H,3-6,8H2,1-2H3. The van der Waals surface area contributed by atoms with Crippen molar-refractivity contribution in [2.24, 2.45) is 0 Å². The number of carbonyl (C=O) groups excluding carboxylic acids is 1. The molecule has 20 heavy (non-hydrogen) atoms. The maximum absolute atomic E-state index is 11.1. The summed E-state index contributed by atoms with van der Waals surface area (Å²) in [5.41, 5.74) is 1.55. The Morgan fingerprint density at radius 1 is 1.35 bits per heavy atom. The van der Waals surface area contributed by atoms with Crippen LogP contribution in [0.25, 0.3) is 0 Å². The van der Waals surface area contributed by atoms with Gasteiger partial charge in [-0.1, -0.05) is 22.4 Å². The molecule has 110 valence electrons. The van der Waals surface area contributed by atoms with Crippen LogP contribution in [0.15, 0.2) is 10.5 Å². The summed E-state index contributed by atoms with van der Waals surface area (Å²) >= 11 is 3.55. The van der Waals surface area contributed by atoms with Gasteiger partial charge in [0.05, 0.1) is 19.8 Å². The fourth-order valence-electron chi connectivity index (χ4n) is 2.71. The van der Waals surface area contributed by atoms with E-state index in [1.165, 1.54) is 12.8 Å². The maximum Gasteiger partial charge on any atom is 0.171 e. The first-order valence-electron chi connectivity index (χ1n) is 6.83. The van der Waals surface area contributed by atoms with Crippen molar-refractivity contribution in [1.82, 2.24) is 5.32 Å². The molecule has 1 N–H and O–H groups in total. The van der Waals surface area contributed by atoms with Gasteiger partial charge in [-0.15, -0.1) is 0 Å². The van der Waals surface area contributed by atoms with Gasteiger partial charge < -0.3 is 14.8 Å². The summed E-state index contributed by atoms with van der Waals surface area (Å²) in [7, 11) is 3.16. The van der Waals surface area contributed by atoms with Crippen LogP contribution in [0.2, 0.25) is 0 Å². The zero-order chi connectivity index (χ0) is 14.5. The van der Waals surface area contributed by atoms with Gasteiger partial charge in [-0.25, -0.2) is 0 Å². The predicted molar refractivity (Wildman–Crippen MR) is 82.0 cm³/mol. The second kappa shape index (κ2) is 7.09. The zero-order valence-electron chi connectivity index (χ0n) is 11.9. The molecule has 0 radical (unpaired) electrons. The van der Waals surface area contributed by atoms with E-state index in [2.05, 4.69) is 21.2 Å². The van der Waals surface area contributed by atoms with E-state index in [0.29, 0.717) is 23.1 Å². The summed E-state index contributed by atoms with van der Waals surface area (Å²) in [6.07, 6.45) is 5.30. The molecule has 0 bridgehead atoms. The molecule has 1 saturated heterocycles. The minimum atomic E-state index is 0.445. The molecule has 1 aromatic carbocycles. The molecule has 1 atom stereocenters. The first-order chi connectivity index (χ1) is 9.71. The quantitative estimate of drug-likeness (QED) is 0.836. The number of benzene rings is 1. The monoisotopic (exact) mass is 341 g/mol. The Bertz CT molecular complexity index is 484. The first-order valence-corrected chi connectivity index (χ1v) is 7.62. The van der Waals surface area contributed by atoms with Gasteiger partial charge in [0.25, 0.3) is 0 Å².